The highest BCUT2D eigenvalue weighted by molar-refractivity contribution is 6.25. The fourth-order valence-corrected chi connectivity index (χ4v) is 7.35. The van der Waals surface area contributed by atoms with Crippen molar-refractivity contribution in [3.8, 4) is 56.5 Å². The van der Waals surface area contributed by atoms with Crippen LogP contribution in [0.3, 0.4) is 0 Å². The van der Waals surface area contributed by atoms with Crippen LogP contribution in [0.15, 0.2) is 182 Å². The van der Waals surface area contributed by atoms with Crippen LogP contribution in [0.4, 0.5) is 0 Å². The Balaban J connectivity index is 1.16. The minimum Gasteiger partial charge on any atom is -0.247 e. The maximum Gasteiger partial charge on any atom is 0.164 e. The molecule has 0 saturated carbocycles. The smallest absolute Gasteiger partial charge is 0.164 e. The van der Waals surface area contributed by atoms with E-state index in [1.54, 1.807) is 0 Å². The van der Waals surface area contributed by atoms with Gasteiger partial charge in [0, 0.05) is 38.4 Å². The first-order chi connectivity index (χ1) is 25.8. The summed E-state index contributed by atoms with van der Waals surface area (Å²) in [6.07, 6.45) is 0. The zero-order valence-electron chi connectivity index (χ0n) is 28.1. The summed E-state index contributed by atoms with van der Waals surface area (Å²) in [6, 6.07) is 63.5. The van der Waals surface area contributed by atoms with Gasteiger partial charge in [0.2, 0.25) is 0 Å². The number of nitrogens with zero attached hydrogens (tertiary/aromatic N) is 4. The van der Waals surface area contributed by atoms with Crippen molar-refractivity contribution in [1.29, 1.82) is 0 Å². The number of hydrogen-bond acceptors (Lipinski definition) is 4. The molecule has 0 unspecified atom stereocenters. The maximum atomic E-state index is 5.32. The monoisotopic (exact) mass is 662 g/mol. The molecule has 0 aliphatic rings. The van der Waals surface area contributed by atoms with E-state index in [-0.39, 0.29) is 0 Å². The molecule has 0 saturated heterocycles. The third-order valence-corrected chi connectivity index (χ3v) is 9.88. The van der Waals surface area contributed by atoms with Gasteiger partial charge < -0.3 is 0 Å². The van der Waals surface area contributed by atoms with Gasteiger partial charge in [-0.1, -0.05) is 164 Å². The van der Waals surface area contributed by atoms with Gasteiger partial charge in [0.05, 0.1) is 11.2 Å². The molecular formula is C48H30N4. The van der Waals surface area contributed by atoms with Crippen LogP contribution in [-0.4, -0.2) is 19.9 Å². The summed E-state index contributed by atoms with van der Waals surface area (Å²) < 4.78 is 0. The number of para-hydroxylation sites is 1. The third kappa shape index (κ3) is 5.17. The van der Waals surface area contributed by atoms with E-state index in [1.165, 1.54) is 26.9 Å². The predicted octanol–water partition coefficient (Wildman–Crippen LogP) is 12.2. The summed E-state index contributed by atoms with van der Waals surface area (Å²) in [4.78, 5) is 20.1. The Morgan fingerprint density at radius 1 is 0.288 bits per heavy atom. The predicted molar refractivity (Wildman–Crippen MR) is 215 cm³/mol. The van der Waals surface area contributed by atoms with Gasteiger partial charge in [-0.15, -0.1) is 0 Å². The Morgan fingerprint density at radius 3 is 1.46 bits per heavy atom. The average Bonchev–Trinajstić information content (AvgIpc) is 3.23. The van der Waals surface area contributed by atoms with Crippen LogP contribution in [0, 0.1) is 0 Å². The van der Waals surface area contributed by atoms with Crippen molar-refractivity contribution in [3.63, 3.8) is 0 Å². The lowest BCUT2D eigenvalue weighted by Crippen LogP contribution is -2.00. The van der Waals surface area contributed by atoms with Crippen molar-refractivity contribution in [2.75, 3.05) is 0 Å². The van der Waals surface area contributed by atoms with Crippen molar-refractivity contribution in [2.24, 2.45) is 0 Å². The number of pyridine rings is 1. The van der Waals surface area contributed by atoms with Crippen LogP contribution in [0.25, 0.3) is 99.8 Å². The summed E-state index contributed by atoms with van der Waals surface area (Å²) in [6.45, 7) is 0. The Labute approximate surface area is 300 Å². The highest BCUT2D eigenvalue weighted by Crippen LogP contribution is 2.42. The number of rotatable bonds is 5. The number of benzene rings is 8. The lowest BCUT2D eigenvalue weighted by Gasteiger charge is -2.16. The van der Waals surface area contributed by atoms with Gasteiger partial charge in [-0.2, -0.15) is 0 Å². The second-order valence-corrected chi connectivity index (χ2v) is 13.0. The van der Waals surface area contributed by atoms with Gasteiger partial charge in [0.15, 0.2) is 17.5 Å². The van der Waals surface area contributed by atoms with Crippen LogP contribution in [0.2, 0.25) is 0 Å². The van der Waals surface area contributed by atoms with E-state index in [0.717, 1.165) is 55.4 Å². The molecule has 0 aliphatic heterocycles. The molecule has 10 rings (SSSR count). The molecule has 0 radical (unpaired) electrons. The standard InChI is InChI=1S/C48H30N4/c1-3-14-33(15-4-1)46-50-47(34-16-5-2-6-17-34)52-48(51-46)35-26-24-32(25-27-35)41-30-42-44(39-20-10-9-19-38(39)41)40-21-11-12-22-43(40)49-45(42)37-28-23-31-13-7-8-18-36(31)29-37/h1-30H. The molecule has 0 atom stereocenters. The van der Waals surface area contributed by atoms with Crippen LogP contribution >= 0.6 is 0 Å². The first-order valence-electron chi connectivity index (χ1n) is 17.5. The minimum atomic E-state index is 0.636. The number of aromatic nitrogens is 4. The first-order valence-corrected chi connectivity index (χ1v) is 17.5. The van der Waals surface area contributed by atoms with Crippen LogP contribution < -0.4 is 0 Å². The molecule has 0 amide bonds. The Kier molecular flexibility index (Phi) is 7.10. The number of fused-ring (bicyclic) bond motifs is 6. The molecule has 10 aromatic rings. The van der Waals surface area contributed by atoms with Crippen molar-refractivity contribution >= 4 is 43.2 Å². The summed E-state index contributed by atoms with van der Waals surface area (Å²) in [7, 11) is 0. The molecule has 0 spiro atoms. The van der Waals surface area contributed by atoms with Gasteiger partial charge in [0.1, 0.15) is 0 Å². The average molecular weight is 663 g/mol. The quantitative estimate of drug-likeness (QED) is 0.172. The van der Waals surface area contributed by atoms with E-state index in [2.05, 4.69) is 121 Å². The van der Waals surface area contributed by atoms with E-state index >= 15 is 0 Å². The van der Waals surface area contributed by atoms with Gasteiger partial charge in [-0.25, -0.2) is 19.9 Å². The zero-order chi connectivity index (χ0) is 34.4. The van der Waals surface area contributed by atoms with Gasteiger partial charge in [-0.05, 0) is 50.9 Å². The molecule has 8 aromatic carbocycles. The second kappa shape index (κ2) is 12.4. The molecule has 52 heavy (non-hydrogen) atoms. The van der Waals surface area contributed by atoms with Crippen molar-refractivity contribution < 1.29 is 0 Å². The van der Waals surface area contributed by atoms with Gasteiger partial charge in [0.25, 0.3) is 0 Å². The summed E-state index contributed by atoms with van der Waals surface area (Å²) in [5, 5.41) is 8.31. The Bertz CT molecular complexity index is 2880. The lowest BCUT2D eigenvalue weighted by molar-refractivity contribution is 1.07. The maximum absolute atomic E-state index is 5.32. The highest BCUT2D eigenvalue weighted by atomic mass is 15.0. The normalized spacial score (nSPS) is 11.5. The Morgan fingerprint density at radius 2 is 0.788 bits per heavy atom. The highest BCUT2D eigenvalue weighted by Gasteiger charge is 2.18. The van der Waals surface area contributed by atoms with E-state index in [4.69, 9.17) is 19.9 Å². The van der Waals surface area contributed by atoms with Crippen molar-refractivity contribution in [3.05, 3.63) is 182 Å². The largest absolute Gasteiger partial charge is 0.247 e. The zero-order valence-corrected chi connectivity index (χ0v) is 28.1. The molecule has 0 N–H and O–H groups in total. The molecule has 4 heteroatoms. The fourth-order valence-electron chi connectivity index (χ4n) is 7.35. The molecule has 0 fully saturated rings. The van der Waals surface area contributed by atoms with Gasteiger partial charge >= 0.3 is 0 Å². The van der Waals surface area contributed by atoms with E-state index in [9.17, 15) is 0 Å². The molecule has 0 aliphatic carbocycles. The lowest BCUT2D eigenvalue weighted by atomic mass is 9.89. The van der Waals surface area contributed by atoms with Crippen molar-refractivity contribution in [1.82, 2.24) is 19.9 Å². The number of hydrogen-bond donors (Lipinski definition) is 0. The summed E-state index contributed by atoms with van der Waals surface area (Å²) in [5.74, 6) is 1.93. The van der Waals surface area contributed by atoms with Crippen LogP contribution in [-0.2, 0) is 0 Å². The molecular weight excluding hydrogens is 633 g/mol. The summed E-state index contributed by atoms with van der Waals surface area (Å²) >= 11 is 0. The van der Waals surface area contributed by atoms with Gasteiger partial charge in [-0.3, -0.25) is 0 Å². The Hall–Kier alpha value is -7.04. The second-order valence-electron chi connectivity index (χ2n) is 13.0. The van der Waals surface area contributed by atoms with E-state index < -0.39 is 0 Å². The molecule has 0 bridgehead atoms. The van der Waals surface area contributed by atoms with E-state index in [1.807, 2.05) is 60.7 Å². The summed E-state index contributed by atoms with van der Waals surface area (Å²) in [5.41, 5.74) is 8.16. The topological polar surface area (TPSA) is 51.6 Å². The molecule has 2 aromatic heterocycles. The third-order valence-electron chi connectivity index (χ3n) is 9.88. The van der Waals surface area contributed by atoms with Crippen LogP contribution in [0.1, 0.15) is 0 Å². The van der Waals surface area contributed by atoms with Crippen molar-refractivity contribution in [2.45, 2.75) is 0 Å². The van der Waals surface area contributed by atoms with Crippen LogP contribution in [0.5, 0.6) is 0 Å². The minimum absolute atomic E-state index is 0.636. The first kappa shape index (κ1) is 29.8. The SMILES string of the molecule is c1ccc(-c2nc(-c3ccccc3)nc(-c3ccc(-c4cc5c(-c6ccc7ccccc7c6)nc6ccccc6c5c5ccccc45)cc3)n2)cc1. The fraction of sp³-hybridized carbons (Fsp3) is 0. The molecule has 242 valence electrons. The van der Waals surface area contributed by atoms with E-state index in [0.29, 0.717) is 17.5 Å². The molecule has 2 heterocycles. The molecule has 4 nitrogen and oxygen atoms in total.